The Bertz CT molecular complexity index is 412. The molecule has 1 rings (SSSR count). The molecular formula is C18H31NO. The van der Waals surface area contributed by atoms with Crippen LogP contribution in [0.5, 0.6) is 0 Å². The molecule has 0 saturated heterocycles. The van der Waals surface area contributed by atoms with Crippen LogP contribution in [-0.2, 0) is 4.74 Å². The molecule has 0 aromatic rings. The Morgan fingerprint density at radius 1 is 1.30 bits per heavy atom. The van der Waals surface area contributed by atoms with Crippen LogP contribution in [-0.4, -0.2) is 26.8 Å². The van der Waals surface area contributed by atoms with Crippen molar-refractivity contribution in [1.29, 1.82) is 0 Å². The Morgan fingerprint density at radius 2 is 1.90 bits per heavy atom. The number of methoxy groups -OCH3 is 1. The van der Waals surface area contributed by atoms with Crippen LogP contribution in [0.15, 0.2) is 35.5 Å². The molecule has 0 amide bonds. The molecule has 0 bridgehead atoms. The van der Waals surface area contributed by atoms with Crippen LogP contribution < -0.4 is 5.32 Å². The van der Waals surface area contributed by atoms with Gasteiger partial charge in [-0.2, -0.15) is 0 Å². The van der Waals surface area contributed by atoms with E-state index in [-0.39, 0.29) is 5.41 Å². The fourth-order valence-electron chi connectivity index (χ4n) is 3.39. The fourth-order valence-corrected chi connectivity index (χ4v) is 3.39. The lowest BCUT2D eigenvalue weighted by atomic mass is 9.79. The van der Waals surface area contributed by atoms with Crippen LogP contribution in [0.3, 0.4) is 0 Å². The minimum Gasteiger partial charge on any atom is -0.384 e. The van der Waals surface area contributed by atoms with Gasteiger partial charge >= 0.3 is 0 Å². The zero-order valence-corrected chi connectivity index (χ0v) is 14.2. The van der Waals surface area contributed by atoms with Crippen LogP contribution >= 0.6 is 0 Å². The number of nitrogens with one attached hydrogen (secondary N) is 1. The predicted molar refractivity (Wildman–Crippen MR) is 87.8 cm³/mol. The minimum absolute atomic E-state index is 0.171. The molecule has 0 radical (unpaired) electrons. The first-order valence-corrected chi connectivity index (χ1v) is 7.46. The smallest absolute Gasteiger partial charge is 0.0511 e. The zero-order chi connectivity index (χ0) is 15.5. The molecule has 2 nitrogen and oxygen atoms in total. The Labute approximate surface area is 125 Å². The van der Waals surface area contributed by atoms with Crippen molar-refractivity contribution in [2.24, 2.45) is 17.3 Å². The molecule has 0 aromatic heterocycles. The minimum atomic E-state index is 0.171. The van der Waals surface area contributed by atoms with Crippen molar-refractivity contribution in [2.75, 3.05) is 20.8 Å². The van der Waals surface area contributed by atoms with Gasteiger partial charge in [-0.1, -0.05) is 56.2 Å². The molecule has 1 aliphatic carbocycles. The molecule has 0 spiro atoms. The van der Waals surface area contributed by atoms with Gasteiger partial charge in [0, 0.05) is 25.0 Å². The summed E-state index contributed by atoms with van der Waals surface area (Å²) in [5.41, 5.74) is 4.30. The first-order valence-electron chi connectivity index (χ1n) is 7.46. The lowest BCUT2D eigenvalue weighted by Crippen LogP contribution is -2.19. The second-order valence-corrected chi connectivity index (χ2v) is 6.90. The number of allylic oxidation sites excluding steroid dienone is 4. The lowest BCUT2D eigenvalue weighted by molar-refractivity contribution is 0.179. The summed E-state index contributed by atoms with van der Waals surface area (Å²) in [6.07, 6.45) is 4.17. The first kappa shape index (κ1) is 17.2. The lowest BCUT2D eigenvalue weighted by Gasteiger charge is -2.26. The SMILES string of the molecule is C=C/C(C)=C\C(C)=C(\C1C(COC)C1NC)C(C)(C)C. The highest BCUT2D eigenvalue weighted by Crippen LogP contribution is 2.51. The number of rotatable bonds is 6. The van der Waals surface area contributed by atoms with Crippen molar-refractivity contribution in [1.82, 2.24) is 5.32 Å². The molecule has 20 heavy (non-hydrogen) atoms. The summed E-state index contributed by atoms with van der Waals surface area (Å²) < 4.78 is 5.38. The van der Waals surface area contributed by atoms with E-state index in [9.17, 15) is 0 Å². The summed E-state index contributed by atoms with van der Waals surface area (Å²) in [5, 5.41) is 3.44. The molecule has 3 unspecified atom stereocenters. The zero-order valence-electron chi connectivity index (χ0n) is 14.2. The summed E-state index contributed by atoms with van der Waals surface area (Å²) in [7, 11) is 3.84. The Morgan fingerprint density at radius 3 is 2.30 bits per heavy atom. The predicted octanol–water partition coefficient (Wildman–Crippen LogP) is 3.96. The maximum Gasteiger partial charge on any atom is 0.0511 e. The van der Waals surface area contributed by atoms with Gasteiger partial charge in [-0.05, 0) is 26.3 Å². The molecule has 2 heteroatoms. The average molecular weight is 277 g/mol. The van der Waals surface area contributed by atoms with E-state index in [0.29, 0.717) is 17.9 Å². The van der Waals surface area contributed by atoms with Crippen LogP contribution in [0.2, 0.25) is 0 Å². The fraction of sp³-hybridized carbons (Fsp3) is 0.667. The standard InChI is InChI=1S/C18H31NO/c1-9-12(2)10-13(3)16(18(4,5)6)15-14(11-20-8)17(15)19-7/h9-10,14-15,17,19H,1,11H2,2-8H3/b12-10-,16-13-. The summed E-state index contributed by atoms with van der Waals surface area (Å²) in [6.45, 7) is 15.9. The van der Waals surface area contributed by atoms with Gasteiger partial charge < -0.3 is 10.1 Å². The quantitative estimate of drug-likeness (QED) is 0.742. The van der Waals surface area contributed by atoms with Crippen molar-refractivity contribution >= 4 is 0 Å². The van der Waals surface area contributed by atoms with Crippen molar-refractivity contribution in [3.05, 3.63) is 35.5 Å². The van der Waals surface area contributed by atoms with Crippen LogP contribution in [0.4, 0.5) is 0 Å². The maximum absolute atomic E-state index is 5.38. The van der Waals surface area contributed by atoms with E-state index in [1.165, 1.54) is 11.1 Å². The number of hydrogen-bond donors (Lipinski definition) is 1. The summed E-state index contributed by atoms with van der Waals surface area (Å²) in [4.78, 5) is 0. The normalized spacial score (nSPS) is 28.1. The molecular weight excluding hydrogens is 246 g/mol. The van der Waals surface area contributed by atoms with E-state index in [2.05, 4.69) is 52.6 Å². The molecule has 1 aliphatic rings. The summed E-state index contributed by atoms with van der Waals surface area (Å²) in [6, 6.07) is 0.538. The molecule has 114 valence electrons. The molecule has 1 fully saturated rings. The van der Waals surface area contributed by atoms with E-state index in [1.807, 2.05) is 13.1 Å². The van der Waals surface area contributed by atoms with Crippen LogP contribution in [0, 0.1) is 17.3 Å². The van der Waals surface area contributed by atoms with Gasteiger partial charge in [0.25, 0.3) is 0 Å². The van der Waals surface area contributed by atoms with Crippen molar-refractivity contribution in [2.45, 2.75) is 40.7 Å². The molecule has 0 aromatic carbocycles. The summed E-state index contributed by atoms with van der Waals surface area (Å²) >= 11 is 0. The number of ether oxygens (including phenoxy) is 1. The van der Waals surface area contributed by atoms with Crippen LogP contribution in [0.25, 0.3) is 0 Å². The van der Waals surface area contributed by atoms with E-state index < -0.39 is 0 Å². The highest BCUT2D eigenvalue weighted by molar-refractivity contribution is 5.38. The van der Waals surface area contributed by atoms with Gasteiger partial charge in [-0.25, -0.2) is 0 Å². The van der Waals surface area contributed by atoms with Gasteiger partial charge in [0.2, 0.25) is 0 Å². The topological polar surface area (TPSA) is 21.3 Å². The molecule has 1 N–H and O–H groups in total. The third-order valence-electron chi connectivity index (χ3n) is 4.19. The molecule has 1 saturated carbocycles. The largest absolute Gasteiger partial charge is 0.384 e. The van der Waals surface area contributed by atoms with Gasteiger partial charge in [0.05, 0.1) is 6.61 Å². The third kappa shape index (κ3) is 3.83. The molecule has 0 heterocycles. The Kier molecular flexibility index (Phi) is 5.79. The molecule has 0 aliphatic heterocycles. The van der Waals surface area contributed by atoms with E-state index in [1.54, 1.807) is 12.7 Å². The third-order valence-corrected chi connectivity index (χ3v) is 4.19. The van der Waals surface area contributed by atoms with Gasteiger partial charge in [-0.15, -0.1) is 0 Å². The number of hydrogen-bond acceptors (Lipinski definition) is 2. The van der Waals surface area contributed by atoms with Gasteiger partial charge in [-0.3, -0.25) is 0 Å². The van der Waals surface area contributed by atoms with Crippen molar-refractivity contribution < 1.29 is 4.74 Å². The van der Waals surface area contributed by atoms with Crippen molar-refractivity contribution in [3.63, 3.8) is 0 Å². The van der Waals surface area contributed by atoms with E-state index in [4.69, 9.17) is 4.74 Å². The second kappa shape index (κ2) is 6.73. The maximum atomic E-state index is 5.38. The Balaban J connectivity index is 3.16. The highest BCUT2D eigenvalue weighted by Gasteiger charge is 2.53. The summed E-state index contributed by atoms with van der Waals surface area (Å²) in [5.74, 6) is 1.17. The van der Waals surface area contributed by atoms with Gasteiger partial charge in [0.15, 0.2) is 0 Å². The average Bonchev–Trinajstić information content (AvgIpc) is 3.00. The first-order chi connectivity index (χ1) is 9.27. The van der Waals surface area contributed by atoms with Crippen molar-refractivity contribution in [3.8, 4) is 0 Å². The van der Waals surface area contributed by atoms with E-state index in [0.717, 1.165) is 6.61 Å². The van der Waals surface area contributed by atoms with Gasteiger partial charge in [0.1, 0.15) is 0 Å². The van der Waals surface area contributed by atoms with Crippen LogP contribution in [0.1, 0.15) is 34.6 Å². The Hall–Kier alpha value is -0.860. The molecule has 3 atom stereocenters. The highest BCUT2D eigenvalue weighted by atomic mass is 16.5. The second-order valence-electron chi connectivity index (χ2n) is 6.90. The van der Waals surface area contributed by atoms with E-state index >= 15 is 0 Å². The monoisotopic (exact) mass is 277 g/mol.